The Balaban J connectivity index is 2.11. The highest BCUT2D eigenvalue weighted by Gasteiger charge is 2.18. The van der Waals surface area contributed by atoms with Gasteiger partial charge in [0, 0.05) is 30.9 Å². The van der Waals surface area contributed by atoms with Crippen molar-refractivity contribution in [2.45, 2.75) is 13.0 Å². The number of rotatable bonds is 3. The molecule has 76 valence electrons. The van der Waals surface area contributed by atoms with Crippen LogP contribution >= 0.6 is 0 Å². The summed E-state index contributed by atoms with van der Waals surface area (Å²) in [5.41, 5.74) is 0.909. The van der Waals surface area contributed by atoms with E-state index in [1.54, 1.807) is 7.11 Å². The lowest BCUT2D eigenvalue weighted by atomic mass is 10.2. The Morgan fingerprint density at radius 3 is 2.79 bits per heavy atom. The van der Waals surface area contributed by atoms with Gasteiger partial charge in [0.05, 0.1) is 7.11 Å². The molecule has 1 fully saturated rings. The van der Waals surface area contributed by atoms with Gasteiger partial charge in [0.15, 0.2) is 0 Å². The summed E-state index contributed by atoms with van der Waals surface area (Å²) >= 11 is 0. The molecule has 1 aromatic rings. The zero-order valence-electron chi connectivity index (χ0n) is 8.41. The number of methoxy groups -OCH3 is 1. The van der Waals surface area contributed by atoms with E-state index >= 15 is 0 Å². The van der Waals surface area contributed by atoms with Crippen molar-refractivity contribution in [3.05, 3.63) is 17.8 Å². The van der Waals surface area contributed by atoms with Crippen LogP contribution in [0.3, 0.4) is 0 Å². The van der Waals surface area contributed by atoms with Crippen LogP contribution in [0.5, 0.6) is 11.6 Å². The highest BCUT2D eigenvalue weighted by molar-refractivity contribution is 5.30. The van der Waals surface area contributed by atoms with E-state index in [1.807, 2.05) is 19.1 Å². The van der Waals surface area contributed by atoms with Gasteiger partial charge in [0.2, 0.25) is 5.88 Å². The van der Waals surface area contributed by atoms with Crippen LogP contribution in [0.1, 0.15) is 5.69 Å². The van der Waals surface area contributed by atoms with Crippen LogP contribution in [0.15, 0.2) is 12.1 Å². The number of aromatic nitrogens is 1. The fourth-order valence-corrected chi connectivity index (χ4v) is 1.32. The highest BCUT2D eigenvalue weighted by atomic mass is 16.5. The number of nitrogens with one attached hydrogen (secondary N) is 1. The maximum absolute atomic E-state index is 5.69. The van der Waals surface area contributed by atoms with Gasteiger partial charge in [-0.15, -0.1) is 0 Å². The van der Waals surface area contributed by atoms with E-state index in [-0.39, 0.29) is 0 Å². The minimum absolute atomic E-state index is 0.293. The van der Waals surface area contributed by atoms with Crippen LogP contribution in [-0.2, 0) is 0 Å². The lowest BCUT2D eigenvalue weighted by molar-refractivity contribution is 0.141. The summed E-state index contributed by atoms with van der Waals surface area (Å²) in [5.74, 6) is 1.44. The zero-order valence-corrected chi connectivity index (χ0v) is 8.41. The van der Waals surface area contributed by atoms with E-state index in [1.165, 1.54) is 0 Å². The molecule has 2 rings (SSSR count). The van der Waals surface area contributed by atoms with Gasteiger partial charge in [-0.1, -0.05) is 0 Å². The molecule has 0 unspecified atom stereocenters. The second-order valence-electron chi connectivity index (χ2n) is 3.38. The standard InChI is InChI=1S/C10H14N2O2/c1-7-3-8(4-10(12-7)13-2)14-9-5-11-6-9/h3-4,9,11H,5-6H2,1-2H3. The summed E-state index contributed by atoms with van der Waals surface area (Å²) in [5, 5.41) is 3.15. The van der Waals surface area contributed by atoms with E-state index in [9.17, 15) is 0 Å². The molecule has 14 heavy (non-hydrogen) atoms. The highest BCUT2D eigenvalue weighted by Crippen LogP contribution is 2.20. The molecule has 0 spiro atoms. The van der Waals surface area contributed by atoms with Gasteiger partial charge in [-0.25, -0.2) is 4.98 Å². The number of pyridine rings is 1. The minimum Gasteiger partial charge on any atom is -0.488 e. The van der Waals surface area contributed by atoms with Crippen LogP contribution in [0, 0.1) is 6.92 Å². The third-order valence-corrected chi connectivity index (χ3v) is 2.16. The largest absolute Gasteiger partial charge is 0.488 e. The van der Waals surface area contributed by atoms with Gasteiger partial charge in [-0.2, -0.15) is 0 Å². The molecule has 1 aliphatic heterocycles. The Bertz CT molecular complexity index is 324. The summed E-state index contributed by atoms with van der Waals surface area (Å²) in [6.07, 6.45) is 0.293. The fraction of sp³-hybridized carbons (Fsp3) is 0.500. The molecule has 0 radical (unpaired) electrons. The Labute approximate surface area is 83.2 Å². The molecule has 0 atom stereocenters. The lowest BCUT2D eigenvalue weighted by Gasteiger charge is -2.27. The third kappa shape index (κ3) is 1.96. The van der Waals surface area contributed by atoms with Crippen molar-refractivity contribution < 1.29 is 9.47 Å². The maximum atomic E-state index is 5.69. The van der Waals surface area contributed by atoms with Gasteiger partial charge < -0.3 is 14.8 Å². The monoisotopic (exact) mass is 194 g/mol. The lowest BCUT2D eigenvalue weighted by Crippen LogP contribution is -2.50. The average molecular weight is 194 g/mol. The van der Waals surface area contributed by atoms with Crippen molar-refractivity contribution in [1.82, 2.24) is 10.3 Å². The van der Waals surface area contributed by atoms with Crippen LogP contribution in [-0.4, -0.2) is 31.3 Å². The number of hydrogen-bond donors (Lipinski definition) is 1. The third-order valence-electron chi connectivity index (χ3n) is 2.16. The number of nitrogens with zero attached hydrogens (tertiary/aromatic N) is 1. The molecule has 1 N–H and O–H groups in total. The van der Waals surface area contributed by atoms with E-state index in [0.29, 0.717) is 12.0 Å². The first-order valence-corrected chi connectivity index (χ1v) is 4.68. The molecule has 4 nitrogen and oxygen atoms in total. The Kier molecular flexibility index (Phi) is 2.54. The SMILES string of the molecule is COc1cc(OC2CNC2)cc(C)n1. The maximum Gasteiger partial charge on any atom is 0.216 e. The summed E-state index contributed by atoms with van der Waals surface area (Å²) < 4.78 is 10.8. The van der Waals surface area contributed by atoms with Gasteiger partial charge in [-0.3, -0.25) is 0 Å². The van der Waals surface area contributed by atoms with Crippen molar-refractivity contribution in [2.75, 3.05) is 20.2 Å². The molecule has 1 aliphatic rings. The average Bonchev–Trinajstić information content (AvgIpc) is 2.10. The quantitative estimate of drug-likeness (QED) is 0.771. The normalized spacial score (nSPS) is 16.1. The van der Waals surface area contributed by atoms with Crippen LogP contribution in [0.4, 0.5) is 0 Å². The van der Waals surface area contributed by atoms with Gasteiger partial charge >= 0.3 is 0 Å². The number of hydrogen-bond acceptors (Lipinski definition) is 4. The van der Waals surface area contributed by atoms with Crippen LogP contribution < -0.4 is 14.8 Å². The molecule has 0 aliphatic carbocycles. The van der Waals surface area contributed by atoms with E-state index < -0.39 is 0 Å². The smallest absolute Gasteiger partial charge is 0.216 e. The van der Waals surface area contributed by atoms with Crippen molar-refractivity contribution in [3.63, 3.8) is 0 Å². The Morgan fingerprint density at radius 1 is 1.43 bits per heavy atom. The first kappa shape index (κ1) is 9.27. The number of aryl methyl sites for hydroxylation is 1. The Hall–Kier alpha value is -1.29. The van der Waals surface area contributed by atoms with Crippen molar-refractivity contribution in [2.24, 2.45) is 0 Å². The van der Waals surface area contributed by atoms with E-state index in [0.717, 1.165) is 24.5 Å². The molecular formula is C10H14N2O2. The molecule has 4 heteroatoms. The molecule has 0 aromatic carbocycles. The second kappa shape index (κ2) is 3.84. The summed E-state index contributed by atoms with van der Waals surface area (Å²) in [6.45, 7) is 3.77. The predicted octanol–water partition coefficient (Wildman–Crippen LogP) is 0.749. The molecule has 0 amide bonds. The zero-order chi connectivity index (χ0) is 9.97. The molecule has 0 saturated carbocycles. The van der Waals surface area contributed by atoms with Gasteiger partial charge in [0.1, 0.15) is 11.9 Å². The first-order valence-electron chi connectivity index (χ1n) is 4.68. The van der Waals surface area contributed by atoms with Crippen molar-refractivity contribution in [1.29, 1.82) is 0 Å². The molecule has 0 bridgehead atoms. The number of ether oxygens (including phenoxy) is 2. The first-order chi connectivity index (χ1) is 6.78. The van der Waals surface area contributed by atoms with Crippen molar-refractivity contribution in [3.8, 4) is 11.6 Å². The van der Waals surface area contributed by atoms with Gasteiger partial charge in [-0.05, 0) is 6.92 Å². The molecule has 1 aromatic heterocycles. The second-order valence-corrected chi connectivity index (χ2v) is 3.38. The topological polar surface area (TPSA) is 43.4 Å². The van der Waals surface area contributed by atoms with E-state index in [4.69, 9.17) is 9.47 Å². The molecule has 1 saturated heterocycles. The van der Waals surface area contributed by atoms with Crippen LogP contribution in [0.25, 0.3) is 0 Å². The van der Waals surface area contributed by atoms with Crippen LogP contribution in [0.2, 0.25) is 0 Å². The summed E-state index contributed by atoms with van der Waals surface area (Å²) in [7, 11) is 1.61. The predicted molar refractivity (Wildman–Crippen MR) is 52.8 cm³/mol. The molecular weight excluding hydrogens is 180 g/mol. The summed E-state index contributed by atoms with van der Waals surface area (Å²) in [6, 6.07) is 3.73. The Morgan fingerprint density at radius 2 is 2.21 bits per heavy atom. The van der Waals surface area contributed by atoms with Crippen molar-refractivity contribution >= 4 is 0 Å². The van der Waals surface area contributed by atoms with Gasteiger partial charge in [0.25, 0.3) is 0 Å². The summed E-state index contributed by atoms with van der Waals surface area (Å²) in [4.78, 5) is 4.19. The minimum atomic E-state index is 0.293. The van der Waals surface area contributed by atoms with E-state index in [2.05, 4.69) is 10.3 Å². The fourth-order valence-electron chi connectivity index (χ4n) is 1.32. The molecule has 2 heterocycles.